The number of aromatic nitrogens is 1. The Bertz CT molecular complexity index is 1070. The predicted molar refractivity (Wildman–Crippen MR) is 121 cm³/mol. The van der Waals surface area contributed by atoms with Gasteiger partial charge in [-0.15, -0.1) is 0 Å². The van der Waals surface area contributed by atoms with Crippen LogP contribution < -0.4 is 14.3 Å². The normalized spacial score (nSPS) is 11.8. The van der Waals surface area contributed by atoms with Crippen LogP contribution in [0.4, 0.5) is 0 Å². The number of hydrogen-bond donors (Lipinski definition) is 0. The maximum Gasteiger partial charge on any atom is 0.252 e. The van der Waals surface area contributed by atoms with Crippen LogP contribution >= 0.6 is 23.1 Å². The second-order valence-corrected chi connectivity index (χ2v) is 8.57. The Morgan fingerprint density at radius 1 is 1.24 bits per heavy atom. The Morgan fingerprint density at radius 2 is 2.07 bits per heavy atom. The Hall–Kier alpha value is -2.25. The van der Waals surface area contributed by atoms with Crippen molar-refractivity contribution in [2.24, 2.45) is 4.99 Å². The van der Waals surface area contributed by atoms with Crippen molar-refractivity contribution in [1.82, 2.24) is 4.57 Å². The highest BCUT2D eigenvalue weighted by molar-refractivity contribution is 7.98. The van der Waals surface area contributed by atoms with Gasteiger partial charge >= 0.3 is 0 Å². The minimum absolute atomic E-state index is 0.149. The summed E-state index contributed by atoms with van der Waals surface area (Å²) in [7, 11) is 1.65. The number of rotatable bonds is 8. The molecular formula is C22H26N2O3S2. The van der Waals surface area contributed by atoms with Crippen molar-refractivity contribution < 1.29 is 14.3 Å². The minimum atomic E-state index is -0.149. The molecule has 1 amide bonds. The maximum absolute atomic E-state index is 12.7. The summed E-state index contributed by atoms with van der Waals surface area (Å²) in [5, 5.41) is 0. The number of thiazole rings is 1. The largest absolute Gasteiger partial charge is 0.496 e. The molecule has 0 N–H and O–H groups in total. The molecule has 1 heterocycles. The molecular weight excluding hydrogens is 404 g/mol. The second kappa shape index (κ2) is 9.98. The molecule has 0 aliphatic rings. The van der Waals surface area contributed by atoms with Crippen LogP contribution in [0.15, 0.2) is 41.4 Å². The number of carbonyl (C=O) groups is 1. The Morgan fingerprint density at radius 3 is 2.76 bits per heavy atom. The van der Waals surface area contributed by atoms with E-state index in [1.165, 1.54) is 11.3 Å². The third-order valence-electron chi connectivity index (χ3n) is 4.52. The lowest BCUT2D eigenvalue weighted by atomic mass is 10.1. The fraction of sp³-hybridized carbons (Fsp3) is 0.364. The molecule has 0 saturated carbocycles. The first-order valence-electron chi connectivity index (χ1n) is 9.52. The standard InChI is InChI=1S/C22H26N2O3S2/c1-5-27-17-7-8-18-20(14-17)29-22(24(18)10-11-28-4)23-21(25)13-16-6-9-19(26-3)15(2)12-16/h6-9,12,14H,5,10-11,13H2,1-4H3. The van der Waals surface area contributed by atoms with Crippen molar-refractivity contribution in [2.75, 3.05) is 25.7 Å². The third-order valence-corrected chi connectivity index (χ3v) is 6.15. The zero-order valence-electron chi connectivity index (χ0n) is 17.2. The maximum atomic E-state index is 12.7. The van der Waals surface area contributed by atoms with Gasteiger partial charge < -0.3 is 14.0 Å². The highest BCUT2D eigenvalue weighted by Crippen LogP contribution is 2.24. The lowest BCUT2D eigenvalue weighted by Gasteiger charge is -2.06. The van der Waals surface area contributed by atoms with Gasteiger partial charge in [0.2, 0.25) is 0 Å². The molecule has 5 nitrogen and oxygen atoms in total. The lowest BCUT2D eigenvalue weighted by molar-refractivity contribution is -0.117. The van der Waals surface area contributed by atoms with Crippen LogP contribution in [0.2, 0.25) is 0 Å². The van der Waals surface area contributed by atoms with Crippen LogP contribution in [0.3, 0.4) is 0 Å². The van der Waals surface area contributed by atoms with Crippen molar-refractivity contribution >= 4 is 39.2 Å². The van der Waals surface area contributed by atoms with Gasteiger partial charge in [-0.2, -0.15) is 16.8 Å². The molecule has 154 valence electrons. The van der Waals surface area contributed by atoms with E-state index in [1.54, 1.807) is 18.9 Å². The number of aryl methyl sites for hydroxylation is 2. The topological polar surface area (TPSA) is 52.8 Å². The molecule has 0 radical (unpaired) electrons. The molecule has 0 aliphatic heterocycles. The Balaban J connectivity index is 1.94. The number of amides is 1. The third kappa shape index (κ3) is 5.22. The molecule has 0 atom stereocenters. The Kier molecular flexibility index (Phi) is 7.39. The monoisotopic (exact) mass is 430 g/mol. The van der Waals surface area contributed by atoms with Crippen molar-refractivity contribution in [2.45, 2.75) is 26.8 Å². The summed E-state index contributed by atoms with van der Waals surface area (Å²) < 4.78 is 14.1. The average molecular weight is 431 g/mol. The van der Waals surface area contributed by atoms with Gasteiger partial charge in [-0.1, -0.05) is 23.5 Å². The number of fused-ring (bicyclic) bond motifs is 1. The van der Waals surface area contributed by atoms with Crippen LogP contribution in [-0.2, 0) is 17.8 Å². The number of nitrogens with zero attached hydrogens (tertiary/aromatic N) is 2. The highest BCUT2D eigenvalue weighted by Gasteiger charge is 2.10. The van der Waals surface area contributed by atoms with E-state index in [4.69, 9.17) is 9.47 Å². The van der Waals surface area contributed by atoms with Crippen LogP contribution in [-0.4, -0.2) is 36.2 Å². The molecule has 0 spiro atoms. The second-order valence-electron chi connectivity index (χ2n) is 6.58. The minimum Gasteiger partial charge on any atom is -0.496 e. The highest BCUT2D eigenvalue weighted by atomic mass is 32.2. The summed E-state index contributed by atoms with van der Waals surface area (Å²) in [5.41, 5.74) is 3.03. The van der Waals surface area contributed by atoms with Gasteiger partial charge in [0.25, 0.3) is 5.91 Å². The molecule has 0 saturated heterocycles. The fourth-order valence-electron chi connectivity index (χ4n) is 3.17. The number of ether oxygens (including phenoxy) is 2. The smallest absolute Gasteiger partial charge is 0.252 e. The van der Waals surface area contributed by atoms with Gasteiger partial charge in [-0.05, 0) is 55.5 Å². The van der Waals surface area contributed by atoms with Gasteiger partial charge in [0, 0.05) is 12.3 Å². The first-order chi connectivity index (χ1) is 14.0. The van der Waals surface area contributed by atoms with Gasteiger partial charge in [0.15, 0.2) is 4.80 Å². The first-order valence-corrected chi connectivity index (χ1v) is 11.7. The van der Waals surface area contributed by atoms with Crippen LogP contribution in [0.5, 0.6) is 11.5 Å². The number of methoxy groups -OCH3 is 1. The SMILES string of the molecule is CCOc1ccc2c(c1)sc(=NC(=O)Cc1ccc(OC)c(C)c1)n2CCSC. The molecule has 3 rings (SSSR count). The predicted octanol–water partition coefficient (Wildman–Crippen LogP) is 4.45. The van der Waals surface area contributed by atoms with Gasteiger partial charge in [-0.25, -0.2) is 0 Å². The van der Waals surface area contributed by atoms with E-state index in [0.717, 1.165) is 49.9 Å². The van der Waals surface area contributed by atoms with Crippen LogP contribution in [0.25, 0.3) is 10.2 Å². The van der Waals surface area contributed by atoms with E-state index >= 15 is 0 Å². The van der Waals surface area contributed by atoms with E-state index in [-0.39, 0.29) is 12.3 Å². The van der Waals surface area contributed by atoms with Gasteiger partial charge in [-0.3, -0.25) is 4.79 Å². The average Bonchev–Trinajstić information content (AvgIpc) is 3.02. The summed E-state index contributed by atoms with van der Waals surface area (Å²) in [6, 6.07) is 11.8. The van der Waals surface area contributed by atoms with E-state index in [9.17, 15) is 4.79 Å². The molecule has 7 heteroatoms. The number of benzene rings is 2. The molecule has 3 aromatic rings. The van der Waals surface area contributed by atoms with Gasteiger partial charge in [0.1, 0.15) is 11.5 Å². The zero-order valence-corrected chi connectivity index (χ0v) is 18.9. The number of hydrogen-bond acceptors (Lipinski definition) is 5. The molecule has 29 heavy (non-hydrogen) atoms. The summed E-state index contributed by atoms with van der Waals surface area (Å²) in [6.07, 6.45) is 2.35. The summed E-state index contributed by atoms with van der Waals surface area (Å²) >= 11 is 3.30. The van der Waals surface area contributed by atoms with Crippen molar-refractivity contribution in [1.29, 1.82) is 0 Å². The van der Waals surface area contributed by atoms with Gasteiger partial charge in [0.05, 0.1) is 30.4 Å². The van der Waals surface area contributed by atoms with Crippen molar-refractivity contribution in [3.8, 4) is 11.5 Å². The summed E-state index contributed by atoms with van der Waals surface area (Å²) in [5.74, 6) is 2.47. The molecule has 0 fully saturated rings. The molecule has 2 aromatic carbocycles. The number of thioether (sulfide) groups is 1. The van der Waals surface area contributed by atoms with E-state index in [1.807, 2.05) is 50.2 Å². The first kappa shape index (κ1) is 21.5. The van der Waals surface area contributed by atoms with Crippen LogP contribution in [0.1, 0.15) is 18.1 Å². The molecule has 0 bridgehead atoms. The summed E-state index contributed by atoms with van der Waals surface area (Å²) in [4.78, 5) is 17.9. The van der Waals surface area contributed by atoms with Crippen molar-refractivity contribution in [3.63, 3.8) is 0 Å². The van der Waals surface area contributed by atoms with E-state index < -0.39 is 0 Å². The molecule has 1 aromatic heterocycles. The van der Waals surface area contributed by atoms with Crippen molar-refractivity contribution in [3.05, 3.63) is 52.3 Å². The van der Waals surface area contributed by atoms with E-state index in [2.05, 4.69) is 15.8 Å². The quantitative estimate of drug-likeness (QED) is 0.530. The molecule has 0 unspecified atom stereocenters. The number of carbonyl (C=O) groups excluding carboxylic acids is 1. The van der Waals surface area contributed by atoms with Crippen LogP contribution in [0, 0.1) is 6.92 Å². The molecule has 0 aliphatic carbocycles. The Labute approximate surface area is 179 Å². The zero-order chi connectivity index (χ0) is 20.8. The lowest BCUT2D eigenvalue weighted by Crippen LogP contribution is -2.18. The summed E-state index contributed by atoms with van der Waals surface area (Å²) in [6.45, 7) is 5.38. The van der Waals surface area contributed by atoms with E-state index in [0.29, 0.717) is 6.61 Å². The fourth-order valence-corrected chi connectivity index (χ4v) is 4.63.